The molecule has 3 aromatic rings. The molecule has 0 spiro atoms. The van der Waals surface area contributed by atoms with Crippen molar-refractivity contribution in [2.75, 3.05) is 0 Å². The van der Waals surface area contributed by atoms with E-state index in [0.29, 0.717) is 0 Å². The topological polar surface area (TPSA) is 34.6 Å². The molecule has 1 unspecified atom stereocenters. The zero-order valence-electron chi connectivity index (χ0n) is 9.56. The molecule has 4 nitrogen and oxygen atoms in total. The van der Waals surface area contributed by atoms with Gasteiger partial charge in [0, 0.05) is 19.1 Å². The van der Waals surface area contributed by atoms with E-state index >= 15 is 0 Å². The van der Waals surface area contributed by atoms with Gasteiger partial charge in [-0.3, -0.25) is 0 Å². The van der Waals surface area contributed by atoms with Gasteiger partial charge in [0.05, 0.1) is 5.52 Å². The van der Waals surface area contributed by atoms with Crippen LogP contribution in [-0.4, -0.2) is 15.0 Å². The largest absolute Gasteiger partial charge is 0.251 e. The predicted octanol–water partition coefficient (Wildman–Crippen LogP) is 1.79. The fraction of sp³-hybridized carbons (Fsp3) is 0.154. The van der Waals surface area contributed by atoms with Crippen LogP contribution in [0, 0.1) is 0 Å². The van der Waals surface area contributed by atoms with Crippen LogP contribution in [0.3, 0.4) is 0 Å². The third kappa shape index (κ3) is 1.67. The number of fused-ring (bicyclic) bond motifs is 1. The van der Waals surface area contributed by atoms with Crippen LogP contribution in [0.25, 0.3) is 11.0 Å². The maximum absolute atomic E-state index is 4.22. The van der Waals surface area contributed by atoms with Gasteiger partial charge in [-0.2, -0.15) is 9.25 Å². The molecular formula is C13H13N4+. The standard InChI is InChI=1S/C13H13N4/c1-11(16-9-5-2-6-10-16)17-13-8-4-3-7-12(13)14-15-17/h2-11H,1H3/q+1. The molecule has 1 aromatic carbocycles. The summed E-state index contributed by atoms with van der Waals surface area (Å²) in [6, 6.07) is 14.0. The van der Waals surface area contributed by atoms with Gasteiger partial charge in [0.2, 0.25) is 0 Å². The Balaban J connectivity index is 2.10. The molecule has 0 aliphatic carbocycles. The number of hydrogen-bond donors (Lipinski definition) is 0. The van der Waals surface area contributed by atoms with Crippen molar-refractivity contribution in [3.8, 4) is 0 Å². The van der Waals surface area contributed by atoms with E-state index in [2.05, 4.69) is 21.8 Å². The molecule has 0 aliphatic rings. The maximum atomic E-state index is 4.22. The van der Waals surface area contributed by atoms with Crippen molar-refractivity contribution in [1.82, 2.24) is 15.0 Å². The molecule has 0 amide bonds. The highest BCUT2D eigenvalue weighted by molar-refractivity contribution is 5.73. The van der Waals surface area contributed by atoms with E-state index in [1.54, 1.807) is 0 Å². The van der Waals surface area contributed by atoms with Gasteiger partial charge in [-0.25, -0.2) is 0 Å². The number of aromatic nitrogens is 4. The summed E-state index contributed by atoms with van der Waals surface area (Å²) in [5, 5.41) is 8.38. The molecule has 4 heteroatoms. The van der Waals surface area contributed by atoms with Crippen molar-refractivity contribution in [2.24, 2.45) is 0 Å². The summed E-state index contributed by atoms with van der Waals surface area (Å²) in [5.74, 6) is 0. The predicted molar refractivity (Wildman–Crippen MR) is 64.3 cm³/mol. The van der Waals surface area contributed by atoms with Gasteiger partial charge in [-0.15, -0.1) is 5.10 Å². The minimum atomic E-state index is 0.114. The SMILES string of the molecule is CC(n1nnc2ccccc21)[n+]1ccccc1. The van der Waals surface area contributed by atoms with E-state index in [9.17, 15) is 0 Å². The van der Waals surface area contributed by atoms with Crippen LogP contribution >= 0.6 is 0 Å². The fourth-order valence-corrected chi connectivity index (χ4v) is 1.95. The molecule has 0 bridgehead atoms. The number of pyridine rings is 1. The Hall–Kier alpha value is -2.23. The number of benzene rings is 1. The van der Waals surface area contributed by atoms with E-state index in [-0.39, 0.29) is 6.17 Å². The van der Waals surface area contributed by atoms with Crippen LogP contribution < -0.4 is 4.57 Å². The van der Waals surface area contributed by atoms with E-state index in [1.165, 1.54) is 0 Å². The van der Waals surface area contributed by atoms with Crippen LogP contribution in [0.15, 0.2) is 54.9 Å². The second-order valence-corrected chi connectivity index (χ2v) is 3.98. The van der Waals surface area contributed by atoms with Crippen LogP contribution in [0.2, 0.25) is 0 Å². The Morgan fingerprint density at radius 1 is 1.06 bits per heavy atom. The van der Waals surface area contributed by atoms with Crippen molar-refractivity contribution >= 4 is 11.0 Å². The highest BCUT2D eigenvalue weighted by Crippen LogP contribution is 2.13. The first-order valence-electron chi connectivity index (χ1n) is 5.62. The van der Waals surface area contributed by atoms with Crippen molar-refractivity contribution in [1.29, 1.82) is 0 Å². The molecular weight excluding hydrogens is 212 g/mol. The molecule has 0 fully saturated rings. The van der Waals surface area contributed by atoms with Gasteiger partial charge in [0.15, 0.2) is 12.4 Å². The Bertz CT molecular complexity index is 630. The molecule has 2 heterocycles. The van der Waals surface area contributed by atoms with Crippen LogP contribution in [0.1, 0.15) is 13.1 Å². The van der Waals surface area contributed by atoms with Gasteiger partial charge in [0.25, 0.3) is 6.17 Å². The lowest BCUT2D eigenvalue weighted by atomic mass is 10.3. The fourth-order valence-electron chi connectivity index (χ4n) is 1.95. The van der Waals surface area contributed by atoms with Crippen LogP contribution in [0.4, 0.5) is 0 Å². The molecule has 0 aliphatic heterocycles. The van der Waals surface area contributed by atoms with Gasteiger partial charge >= 0.3 is 0 Å². The zero-order valence-corrected chi connectivity index (χ0v) is 9.56. The highest BCUT2D eigenvalue weighted by Gasteiger charge is 2.17. The highest BCUT2D eigenvalue weighted by atomic mass is 15.5. The number of rotatable bonds is 2. The van der Waals surface area contributed by atoms with Crippen molar-refractivity contribution in [3.63, 3.8) is 0 Å². The lowest BCUT2D eigenvalue weighted by Gasteiger charge is -2.07. The Labute approximate surface area is 99.1 Å². The van der Waals surface area contributed by atoms with E-state index in [0.717, 1.165) is 11.0 Å². The van der Waals surface area contributed by atoms with E-state index in [1.807, 2.05) is 59.5 Å². The number of nitrogens with zero attached hydrogens (tertiary/aromatic N) is 4. The number of hydrogen-bond acceptors (Lipinski definition) is 2. The van der Waals surface area contributed by atoms with E-state index < -0.39 is 0 Å². The van der Waals surface area contributed by atoms with Crippen molar-refractivity contribution in [2.45, 2.75) is 13.1 Å². The smallest absolute Gasteiger partial charge is 0.182 e. The molecule has 17 heavy (non-hydrogen) atoms. The molecule has 0 saturated carbocycles. The maximum Gasteiger partial charge on any atom is 0.251 e. The summed E-state index contributed by atoms with van der Waals surface area (Å²) in [6.45, 7) is 2.10. The monoisotopic (exact) mass is 225 g/mol. The summed E-state index contributed by atoms with van der Waals surface area (Å²) < 4.78 is 4.02. The van der Waals surface area contributed by atoms with Crippen molar-refractivity contribution in [3.05, 3.63) is 54.9 Å². The minimum Gasteiger partial charge on any atom is -0.182 e. The third-order valence-electron chi connectivity index (χ3n) is 2.90. The Morgan fingerprint density at radius 3 is 2.65 bits per heavy atom. The third-order valence-corrected chi connectivity index (χ3v) is 2.90. The zero-order chi connectivity index (χ0) is 11.7. The van der Waals surface area contributed by atoms with Crippen LogP contribution in [0.5, 0.6) is 0 Å². The first-order chi connectivity index (χ1) is 8.36. The second-order valence-electron chi connectivity index (χ2n) is 3.98. The first-order valence-corrected chi connectivity index (χ1v) is 5.62. The van der Waals surface area contributed by atoms with E-state index in [4.69, 9.17) is 0 Å². The van der Waals surface area contributed by atoms with Gasteiger partial charge in [-0.1, -0.05) is 23.4 Å². The molecule has 0 saturated heterocycles. The molecule has 3 rings (SSSR count). The minimum absolute atomic E-state index is 0.114. The summed E-state index contributed by atoms with van der Waals surface area (Å²) in [7, 11) is 0. The van der Waals surface area contributed by atoms with Crippen LogP contribution in [-0.2, 0) is 0 Å². The molecule has 0 N–H and O–H groups in total. The van der Waals surface area contributed by atoms with Gasteiger partial charge < -0.3 is 0 Å². The summed E-state index contributed by atoms with van der Waals surface area (Å²) in [5.41, 5.74) is 1.98. The molecule has 0 radical (unpaired) electrons. The van der Waals surface area contributed by atoms with Gasteiger partial charge in [-0.05, 0) is 12.1 Å². The lowest BCUT2D eigenvalue weighted by Crippen LogP contribution is -2.41. The molecule has 1 atom stereocenters. The van der Waals surface area contributed by atoms with Crippen molar-refractivity contribution < 1.29 is 4.57 Å². The molecule has 84 valence electrons. The Kier molecular flexibility index (Phi) is 2.33. The average molecular weight is 225 g/mol. The second kappa shape index (κ2) is 3.97. The quantitative estimate of drug-likeness (QED) is 0.623. The average Bonchev–Trinajstić information content (AvgIpc) is 2.83. The normalized spacial score (nSPS) is 12.8. The Morgan fingerprint density at radius 2 is 1.82 bits per heavy atom. The summed E-state index contributed by atoms with van der Waals surface area (Å²) in [4.78, 5) is 0. The van der Waals surface area contributed by atoms with Gasteiger partial charge in [0.1, 0.15) is 5.52 Å². The summed E-state index contributed by atoms with van der Waals surface area (Å²) in [6.07, 6.45) is 4.17. The first kappa shape index (κ1) is 9.96. The molecule has 2 aromatic heterocycles. The lowest BCUT2D eigenvalue weighted by molar-refractivity contribution is -0.725. The number of para-hydroxylation sites is 1. The summed E-state index contributed by atoms with van der Waals surface area (Å²) >= 11 is 0.